The number of rotatable bonds is 7. The zero-order valence-corrected chi connectivity index (χ0v) is 16.6. The van der Waals surface area contributed by atoms with Gasteiger partial charge in [-0.25, -0.2) is 4.98 Å². The van der Waals surface area contributed by atoms with E-state index in [0.717, 1.165) is 11.4 Å². The third-order valence-electron chi connectivity index (χ3n) is 3.67. The van der Waals surface area contributed by atoms with E-state index in [1.165, 1.54) is 5.56 Å². The fraction of sp³-hybridized carbons (Fsp3) is 0.211. The maximum absolute atomic E-state index is 11.9. The Balaban J connectivity index is 1.53. The lowest BCUT2D eigenvalue weighted by atomic mass is 10.2. The molecule has 0 atom stereocenters. The molecule has 8 heteroatoms. The van der Waals surface area contributed by atoms with Crippen LogP contribution in [0.5, 0.6) is 0 Å². The molecule has 0 saturated carbocycles. The number of nitrogens with zero attached hydrogens (tertiary/aromatic N) is 2. The smallest absolute Gasteiger partial charge is 0.287 e. The molecule has 2 aromatic heterocycles. The number of furan rings is 1. The normalized spacial score (nSPS) is 10.5. The summed E-state index contributed by atoms with van der Waals surface area (Å²) in [7, 11) is 0. The highest BCUT2D eigenvalue weighted by Crippen LogP contribution is 2.17. The molecule has 0 aliphatic carbocycles. The Hall–Kier alpha value is -2.87. The van der Waals surface area contributed by atoms with Gasteiger partial charge in [0.15, 0.2) is 10.4 Å². The first-order chi connectivity index (χ1) is 13.0. The molecular weight excluding hydrogens is 410 g/mol. The van der Waals surface area contributed by atoms with Gasteiger partial charge in [-0.3, -0.25) is 4.79 Å². The Kier molecular flexibility index (Phi) is 6.08. The van der Waals surface area contributed by atoms with Gasteiger partial charge in [-0.1, -0.05) is 17.7 Å². The fourth-order valence-electron chi connectivity index (χ4n) is 2.37. The summed E-state index contributed by atoms with van der Waals surface area (Å²) in [5.41, 5.74) is 3.00. The summed E-state index contributed by atoms with van der Waals surface area (Å²) in [5, 5.41) is 9.15. The number of anilines is 3. The zero-order chi connectivity index (χ0) is 19.2. The van der Waals surface area contributed by atoms with Gasteiger partial charge in [0.05, 0.1) is 0 Å². The highest BCUT2D eigenvalue weighted by Gasteiger charge is 2.09. The van der Waals surface area contributed by atoms with Crippen molar-refractivity contribution in [1.82, 2.24) is 15.3 Å². The minimum absolute atomic E-state index is 0.262. The van der Waals surface area contributed by atoms with E-state index in [1.807, 2.05) is 44.2 Å². The fourth-order valence-corrected chi connectivity index (χ4v) is 2.68. The van der Waals surface area contributed by atoms with Gasteiger partial charge >= 0.3 is 0 Å². The van der Waals surface area contributed by atoms with Crippen molar-refractivity contribution >= 4 is 39.3 Å². The van der Waals surface area contributed by atoms with Crippen LogP contribution in [0.3, 0.4) is 0 Å². The molecule has 0 radical (unpaired) electrons. The van der Waals surface area contributed by atoms with Crippen molar-refractivity contribution in [2.24, 2.45) is 0 Å². The van der Waals surface area contributed by atoms with Crippen molar-refractivity contribution in [3.8, 4) is 0 Å². The van der Waals surface area contributed by atoms with Crippen LogP contribution in [0.2, 0.25) is 0 Å². The van der Waals surface area contributed by atoms with Gasteiger partial charge in [-0.05, 0) is 54.0 Å². The SMILES string of the molecule is Cc1ccc(Nc2cc(C)nc(NCCNC(=O)c3ccc(Br)o3)n2)cc1. The van der Waals surface area contributed by atoms with Gasteiger partial charge in [0.25, 0.3) is 5.91 Å². The average molecular weight is 430 g/mol. The van der Waals surface area contributed by atoms with Gasteiger partial charge in [-0.15, -0.1) is 0 Å². The molecular formula is C19H20BrN5O2. The number of halogens is 1. The number of carbonyl (C=O) groups excluding carboxylic acids is 1. The summed E-state index contributed by atoms with van der Waals surface area (Å²) < 4.78 is 5.73. The first kappa shape index (κ1) is 18.9. The number of carbonyl (C=O) groups is 1. The number of amides is 1. The minimum atomic E-state index is -0.269. The molecule has 3 N–H and O–H groups in total. The highest BCUT2D eigenvalue weighted by atomic mass is 79.9. The van der Waals surface area contributed by atoms with E-state index in [-0.39, 0.29) is 11.7 Å². The first-order valence-electron chi connectivity index (χ1n) is 8.46. The van der Waals surface area contributed by atoms with E-state index in [0.29, 0.717) is 29.5 Å². The second kappa shape index (κ2) is 8.68. The molecule has 0 fully saturated rings. The zero-order valence-electron chi connectivity index (χ0n) is 15.0. The van der Waals surface area contributed by atoms with Crippen molar-refractivity contribution in [1.29, 1.82) is 0 Å². The second-order valence-electron chi connectivity index (χ2n) is 6.00. The predicted molar refractivity (Wildman–Crippen MR) is 108 cm³/mol. The molecule has 3 aromatic rings. The van der Waals surface area contributed by atoms with Crippen LogP contribution in [0.25, 0.3) is 0 Å². The maximum atomic E-state index is 11.9. The van der Waals surface area contributed by atoms with Crippen molar-refractivity contribution in [2.45, 2.75) is 13.8 Å². The summed E-state index contributed by atoms with van der Waals surface area (Å²) in [6.45, 7) is 4.85. The number of aromatic nitrogens is 2. The van der Waals surface area contributed by atoms with Gasteiger partial charge < -0.3 is 20.4 Å². The summed E-state index contributed by atoms with van der Waals surface area (Å²) >= 11 is 3.17. The predicted octanol–water partition coefficient (Wildman–Crippen LogP) is 4.03. The molecule has 2 heterocycles. The molecule has 140 valence electrons. The number of benzene rings is 1. The van der Waals surface area contributed by atoms with Crippen LogP contribution >= 0.6 is 15.9 Å². The standard InChI is InChI=1S/C19H20BrN5O2/c1-12-3-5-14(6-4-12)24-17-11-13(2)23-19(25-17)22-10-9-21-18(26)15-7-8-16(20)27-15/h3-8,11H,9-10H2,1-2H3,(H,21,26)(H2,22,23,24,25). The Morgan fingerprint density at radius 3 is 2.56 bits per heavy atom. The molecule has 0 aliphatic heterocycles. The molecule has 0 spiro atoms. The second-order valence-corrected chi connectivity index (χ2v) is 6.78. The van der Waals surface area contributed by atoms with Gasteiger partial charge in [-0.2, -0.15) is 4.98 Å². The van der Waals surface area contributed by atoms with E-state index >= 15 is 0 Å². The number of aryl methyl sites for hydroxylation is 2. The van der Waals surface area contributed by atoms with Crippen molar-refractivity contribution in [3.63, 3.8) is 0 Å². The molecule has 1 amide bonds. The van der Waals surface area contributed by atoms with Crippen LogP contribution < -0.4 is 16.0 Å². The third-order valence-corrected chi connectivity index (χ3v) is 4.10. The molecule has 0 saturated heterocycles. The summed E-state index contributed by atoms with van der Waals surface area (Å²) in [6, 6.07) is 13.2. The Morgan fingerprint density at radius 1 is 1.07 bits per heavy atom. The molecule has 0 unspecified atom stereocenters. The molecule has 1 aromatic carbocycles. The Bertz CT molecular complexity index is 924. The number of hydrogen-bond acceptors (Lipinski definition) is 6. The van der Waals surface area contributed by atoms with Crippen LogP contribution in [-0.4, -0.2) is 29.0 Å². The third kappa shape index (κ3) is 5.55. The van der Waals surface area contributed by atoms with E-state index in [1.54, 1.807) is 12.1 Å². The van der Waals surface area contributed by atoms with E-state index in [4.69, 9.17) is 4.42 Å². The van der Waals surface area contributed by atoms with Crippen molar-refractivity contribution < 1.29 is 9.21 Å². The number of hydrogen-bond donors (Lipinski definition) is 3. The molecule has 27 heavy (non-hydrogen) atoms. The lowest BCUT2D eigenvalue weighted by Gasteiger charge is -2.10. The van der Waals surface area contributed by atoms with Crippen LogP contribution in [0, 0.1) is 13.8 Å². The summed E-state index contributed by atoms with van der Waals surface area (Å²) in [5.74, 6) is 1.20. The Labute approximate surface area is 165 Å². The quantitative estimate of drug-likeness (QED) is 0.490. The van der Waals surface area contributed by atoms with Gasteiger partial charge in [0.2, 0.25) is 5.95 Å². The summed E-state index contributed by atoms with van der Waals surface area (Å²) in [4.78, 5) is 20.7. The average Bonchev–Trinajstić information content (AvgIpc) is 3.07. The molecule has 0 aliphatic rings. The summed E-state index contributed by atoms with van der Waals surface area (Å²) in [6.07, 6.45) is 0. The first-order valence-corrected chi connectivity index (χ1v) is 9.26. The Morgan fingerprint density at radius 2 is 1.85 bits per heavy atom. The molecule has 3 rings (SSSR count). The lowest BCUT2D eigenvalue weighted by molar-refractivity contribution is 0.0926. The molecule has 7 nitrogen and oxygen atoms in total. The van der Waals surface area contributed by atoms with Crippen LogP contribution in [0.4, 0.5) is 17.5 Å². The monoisotopic (exact) mass is 429 g/mol. The van der Waals surface area contributed by atoms with Crippen LogP contribution in [-0.2, 0) is 0 Å². The number of nitrogens with one attached hydrogen (secondary N) is 3. The minimum Gasteiger partial charge on any atom is -0.444 e. The van der Waals surface area contributed by atoms with E-state index < -0.39 is 0 Å². The van der Waals surface area contributed by atoms with Crippen LogP contribution in [0.1, 0.15) is 21.8 Å². The van der Waals surface area contributed by atoms with Crippen molar-refractivity contribution in [2.75, 3.05) is 23.7 Å². The maximum Gasteiger partial charge on any atom is 0.287 e. The highest BCUT2D eigenvalue weighted by molar-refractivity contribution is 9.10. The molecule has 0 bridgehead atoms. The topological polar surface area (TPSA) is 92.1 Å². The van der Waals surface area contributed by atoms with Gasteiger partial charge in [0.1, 0.15) is 5.82 Å². The largest absolute Gasteiger partial charge is 0.444 e. The van der Waals surface area contributed by atoms with Crippen LogP contribution in [0.15, 0.2) is 51.6 Å². The lowest BCUT2D eigenvalue weighted by Crippen LogP contribution is -2.28. The van der Waals surface area contributed by atoms with Gasteiger partial charge in [0, 0.05) is 30.5 Å². The van der Waals surface area contributed by atoms with E-state index in [2.05, 4.69) is 41.8 Å². The van der Waals surface area contributed by atoms with E-state index in [9.17, 15) is 4.79 Å². The van der Waals surface area contributed by atoms with Crippen molar-refractivity contribution in [3.05, 3.63) is 64.2 Å².